The number of carbonyl (C=O) groups excluding carboxylic acids is 1. The number of rotatable bonds is 4. The number of hydrogen-bond acceptors (Lipinski definition) is 4. The molecule has 2 rings (SSSR count). The number of carbonyl (C=O) groups is 1. The van der Waals surface area contributed by atoms with Crippen molar-refractivity contribution in [1.82, 2.24) is 5.43 Å². The molecule has 1 aliphatic heterocycles. The molecule has 0 bridgehead atoms. The largest absolute Gasteiger partial charge is 0.273 e. The van der Waals surface area contributed by atoms with Crippen LogP contribution in [-0.2, 0) is 14.6 Å². The van der Waals surface area contributed by atoms with E-state index in [2.05, 4.69) is 16.4 Å². The second-order valence-corrected chi connectivity index (χ2v) is 6.49. The molecule has 0 saturated carbocycles. The zero-order valence-electron chi connectivity index (χ0n) is 11.2. The van der Waals surface area contributed by atoms with Gasteiger partial charge in [0.05, 0.1) is 10.6 Å². The van der Waals surface area contributed by atoms with Crippen molar-refractivity contribution < 1.29 is 13.2 Å². The van der Waals surface area contributed by atoms with Gasteiger partial charge < -0.3 is 0 Å². The van der Waals surface area contributed by atoms with E-state index < -0.39 is 9.84 Å². The van der Waals surface area contributed by atoms with E-state index in [1.807, 2.05) is 6.08 Å². The van der Waals surface area contributed by atoms with Crippen LogP contribution < -0.4 is 5.43 Å². The summed E-state index contributed by atoms with van der Waals surface area (Å²) in [5, 5.41) is 3.92. The van der Waals surface area contributed by atoms with Crippen molar-refractivity contribution in [2.45, 2.75) is 17.7 Å². The molecule has 0 aromatic heterocycles. The van der Waals surface area contributed by atoms with Crippen LogP contribution in [0.15, 0.2) is 40.3 Å². The van der Waals surface area contributed by atoms with E-state index in [0.717, 1.165) is 11.3 Å². The van der Waals surface area contributed by atoms with Crippen LogP contribution in [-0.4, -0.2) is 25.8 Å². The Morgan fingerprint density at radius 3 is 2.52 bits per heavy atom. The lowest BCUT2D eigenvalue weighted by Gasteiger charge is -2.08. The molecule has 0 aliphatic carbocycles. The summed E-state index contributed by atoms with van der Waals surface area (Å²) in [5.74, 6) is 1.75. The van der Waals surface area contributed by atoms with Gasteiger partial charge in [-0.05, 0) is 23.8 Å². The number of benzene rings is 1. The highest BCUT2D eigenvalue weighted by Gasteiger charge is 2.12. The van der Waals surface area contributed by atoms with Crippen molar-refractivity contribution in [3.8, 4) is 12.3 Å². The Balaban J connectivity index is 2.10. The minimum Gasteiger partial charge on any atom is -0.273 e. The van der Waals surface area contributed by atoms with Gasteiger partial charge in [0.2, 0.25) is 5.91 Å². The second-order valence-electron chi connectivity index (χ2n) is 4.50. The minimum atomic E-state index is -3.40. The smallest absolute Gasteiger partial charge is 0.240 e. The Hall–Kier alpha value is -2.39. The summed E-state index contributed by atoms with van der Waals surface area (Å²) in [6.07, 6.45) is 9.67. The number of allylic oxidation sites excluding steroid dienone is 1. The Labute approximate surface area is 123 Å². The number of hydrazone groups is 1. The fourth-order valence-corrected chi connectivity index (χ4v) is 2.72. The SMILES string of the molecule is C#CCS(=O)(=O)c1ccc(C=CC2=NNC(=O)CC2)cc1. The van der Waals surface area contributed by atoms with E-state index in [1.165, 1.54) is 12.1 Å². The fourth-order valence-electron chi connectivity index (χ4n) is 1.78. The normalized spacial score (nSPS) is 15.4. The highest BCUT2D eigenvalue weighted by Crippen LogP contribution is 2.13. The highest BCUT2D eigenvalue weighted by atomic mass is 32.2. The molecule has 1 heterocycles. The maximum Gasteiger partial charge on any atom is 0.240 e. The van der Waals surface area contributed by atoms with Gasteiger partial charge in [-0.15, -0.1) is 6.42 Å². The van der Waals surface area contributed by atoms with Crippen molar-refractivity contribution in [3.63, 3.8) is 0 Å². The molecular formula is C15H14N2O3S. The first-order valence-corrected chi connectivity index (χ1v) is 7.96. The monoisotopic (exact) mass is 302 g/mol. The van der Waals surface area contributed by atoms with Gasteiger partial charge in [0, 0.05) is 12.8 Å². The molecule has 1 aromatic carbocycles. The van der Waals surface area contributed by atoms with Gasteiger partial charge in [-0.1, -0.05) is 24.1 Å². The van der Waals surface area contributed by atoms with Gasteiger partial charge in [0.15, 0.2) is 9.84 Å². The topological polar surface area (TPSA) is 75.6 Å². The fraction of sp³-hybridized carbons (Fsp3) is 0.200. The number of terminal acetylenes is 1. The summed E-state index contributed by atoms with van der Waals surface area (Å²) in [6.45, 7) is 0. The maximum absolute atomic E-state index is 11.8. The lowest BCUT2D eigenvalue weighted by molar-refractivity contribution is -0.121. The predicted molar refractivity (Wildman–Crippen MR) is 81.2 cm³/mol. The Bertz CT molecular complexity index is 738. The van der Waals surface area contributed by atoms with Gasteiger partial charge in [0.1, 0.15) is 5.75 Å². The molecule has 21 heavy (non-hydrogen) atoms. The number of amides is 1. The zero-order chi connectivity index (χ0) is 15.3. The molecule has 0 spiro atoms. The Morgan fingerprint density at radius 1 is 1.24 bits per heavy atom. The molecule has 1 amide bonds. The Morgan fingerprint density at radius 2 is 1.95 bits per heavy atom. The van der Waals surface area contributed by atoms with Crippen LogP contribution in [0.1, 0.15) is 18.4 Å². The summed E-state index contributed by atoms with van der Waals surface area (Å²) < 4.78 is 23.5. The van der Waals surface area contributed by atoms with E-state index in [-0.39, 0.29) is 16.6 Å². The summed E-state index contributed by atoms with van der Waals surface area (Å²) in [7, 11) is -3.40. The first-order chi connectivity index (χ1) is 10.0. The summed E-state index contributed by atoms with van der Waals surface area (Å²) in [5.41, 5.74) is 4.03. The van der Waals surface area contributed by atoms with Crippen LogP contribution in [0.4, 0.5) is 0 Å². The van der Waals surface area contributed by atoms with Gasteiger partial charge in [-0.25, -0.2) is 13.8 Å². The first kappa shape index (κ1) is 15.0. The number of sulfone groups is 1. The van der Waals surface area contributed by atoms with E-state index in [0.29, 0.717) is 12.8 Å². The van der Waals surface area contributed by atoms with Crippen LogP contribution in [0.3, 0.4) is 0 Å². The molecule has 1 N–H and O–H groups in total. The predicted octanol–water partition coefficient (Wildman–Crippen LogP) is 1.37. The van der Waals surface area contributed by atoms with Gasteiger partial charge in [-0.3, -0.25) is 4.79 Å². The van der Waals surface area contributed by atoms with Crippen molar-refractivity contribution in [1.29, 1.82) is 0 Å². The zero-order valence-corrected chi connectivity index (χ0v) is 12.1. The summed E-state index contributed by atoms with van der Waals surface area (Å²) in [6, 6.07) is 6.44. The molecule has 1 aliphatic rings. The van der Waals surface area contributed by atoms with E-state index in [1.54, 1.807) is 18.2 Å². The lowest BCUT2D eigenvalue weighted by atomic mass is 10.1. The van der Waals surface area contributed by atoms with Crippen LogP contribution in [0.5, 0.6) is 0 Å². The molecule has 0 atom stereocenters. The quantitative estimate of drug-likeness (QED) is 0.854. The van der Waals surface area contributed by atoms with Crippen LogP contribution >= 0.6 is 0 Å². The molecular weight excluding hydrogens is 288 g/mol. The van der Waals surface area contributed by atoms with Gasteiger partial charge in [0.25, 0.3) is 0 Å². The van der Waals surface area contributed by atoms with E-state index in [4.69, 9.17) is 6.42 Å². The van der Waals surface area contributed by atoms with Crippen molar-refractivity contribution in [2.75, 3.05) is 5.75 Å². The molecule has 0 unspecified atom stereocenters. The van der Waals surface area contributed by atoms with Crippen LogP contribution in [0, 0.1) is 12.3 Å². The minimum absolute atomic E-state index is 0.0878. The third-order valence-corrected chi connectivity index (χ3v) is 4.45. The first-order valence-electron chi connectivity index (χ1n) is 6.31. The third-order valence-electron chi connectivity index (χ3n) is 2.91. The van der Waals surface area contributed by atoms with Gasteiger partial charge >= 0.3 is 0 Å². The highest BCUT2D eigenvalue weighted by molar-refractivity contribution is 7.91. The number of nitrogens with one attached hydrogen (secondary N) is 1. The lowest BCUT2D eigenvalue weighted by Crippen LogP contribution is -2.24. The number of hydrogen-bond donors (Lipinski definition) is 1. The molecule has 108 valence electrons. The third kappa shape index (κ3) is 4.04. The average Bonchev–Trinajstić information content (AvgIpc) is 2.47. The van der Waals surface area contributed by atoms with Crippen LogP contribution in [0.25, 0.3) is 6.08 Å². The summed E-state index contributed by atoms with van der Waals surface area (Å²) >= 11 is 0. The van der Waals surface area contributed by atoms with Crippen molar-refractivity contribution >= 4 is 27.5 Å². The standard InChI is InChI=1S/C15H14N2O3S/c1-2-11-21(19,20)14-8-4-12(5-9-14)3-6-13-7-10-15(18)17-16-13/h1,3-6,8-9H,7,10-11H2,(H,17,18). The van der Waals surface area contributed by atoms with E-state index in [9.17, 15) is 13.2 Å². The van der Waals surface area contributed by atoms with Crippen molar-refractivity contribution in [3.05, 3.63) is 35.9 Å². The maximum atomic E-state index is 11.8. The Kier molecular flexibility index (Phi) is 4.55. The molecule has 6 heteroatoms. The van der Waals surface area contributed by atoms with E-state index >= 15 is 0 Å². The molecule has 5 nitrogen and oxygen atoms in total. The van der Waals surface area contributed by atoms with Crippen LogP contribution in [0.2, 0.25) is 0 Å². The number of nitrogens with zero attached hydrogens (tertiary/aromatic N) is 1. The second kappa shape index (κ2) is 6.37. The molecule has 0 saturated heterocycles. The molecule has 0 fully saturated rings. The molecule has 0 radical (unpaired) electrons. The van der Waals surface area contributed by atoms with Gasteiger partial charge in [-0.2, -0.15) is 5.10 Å². The average molecular weight is 302 g/mol. The van der Waals surface area contributed by atoms with Crippen molar-refractivity contribution in [2.24, 2.45) is 5.10 Å². The molecule has 1 aromatic rings. The summed E-state index contributed by atoms with van der Waals surface area (Å²) in [4.78, 5) is 11.2.